The van der Waals surface area contributed by atoms with Crippen molar-refractivity contribution in [3.63, 3.8) is 0 Å². The molecule has 0 spiro atoms. The fourth-order valence-corrected chi connectivity index (χ4v) is 8.00. The fraction of sp³-hybridized carbons (Fsp3) is 0.770. The summed E-state index contributed by atoms with van der Waals surface area (Å²) < 4.78 is 17.4. The Hall–Kier alpha value is -2.66. The van der Waals surface area contributed by atoms with Crippen molar-refractivity contribution >= 4 is 11.9 Å². The summed E-state index contributed by atoms with van der Waals surface area (Å²) in [7, 11) is 0. The largest absolute Gasteiger partial charge is 0.462 e. The van der Waals surface area contributed by atoms with Crippen LogP contribution in [0.25, 0.3) is 0 Å². The average molecular weight is 922 g/mol. The molecule has 0 fully saturated rings. The first-order chi connectivity index (χ1) is 32.6. The smallest absolute Gasteiger partial charge is 0.306 e. The summed E-state index contributed by atoms with van der Waals surface area (Å²) in [6.07, 6.45) is 73.5. The third-order valence-corrected chi connectivity index (χ3v) is 12.2. The van der Waals surface area contributed by atoms with E-state index in [1.165, 1.54) is 161 Å². The monoisotopic (exact) mass is 921 g/mol. The molecule has 0 amide bonds. The summed E-state index contributed by atoms with van der Waals surface area (Å²) in [5, 5.41) is 0. The van der Waals surface area contributed by atoms with Crippen LogP contribution in [0, 0.1) is 0 Å². The SMILES string of the molecule is CC/C=C\C/C=C\C/C=C\C/C=C\C/C=C\CCCCCC(=O)OCC(COCCCCCCCCCCCCCC)OC(=O)CCCCCCCCCCC/C=C\CCCCCCCC. The van der Waals surface area contributed by atoms with Crippen LogP contribution in [-0.4, -0.2) is 37.9 Å². The van der Waals surface area contributed by atoms with Crippen LogP contribution in [0.1, 0.15) is 278 Å². The zero-order valence-electron chi connectivity index (χ0n) is 44.0. The maximum Gasteiger partial charge on any atom is 0.306 e. The summed E-state index contributed by atoms with van der Waals surface area (Å²) in [6.45, 7) is 7.71. The lowest BCUT2D eigenvalue weighted by molar-refractivity contribution is -0.163. The molecule has 5 nitrogen and oxygen atoms in total. The molecule has 1 atom stereocenters. The highest BCUT2D eigenvalue weighted by Crippen LogP contribution is 2.15. The number of hydrogen-bond donors (Lipinski definition) is 0. The quantitative estimate of drug-likeness (QED) is 0.0346. The van der Waals surface area contributed by atoms with Crippen LogP contribution in [0.5, 0.6) is 0 Å². The Kier molecular flexibility index (Phi) is 54.4. The van der Waals surface area contributed by atoms with Crippen molar-refractivity contribution in [1.29, 1.82) is 0 Å². The van der Waals surface area contributed by atoms with Crippen molar-refractivity contribution in [2.24, 2.45) is 0 Å². The summed E-state index contributed by atoms with van der Waals surface area (Å²) in [4.78, 5) is 25.5. The normalized spacial score (nSPS) is 12.7. The molecule has 0 N–H and O–H groups in total. The van der Waals surface area contributed by atoms with E-state index in [2.05, 4.69) is 93.7 Å². The number of esters is 2. The molecule has 0 aromatic heterocycles. The second-order valence-electron chi connectivity index (χ2n) is 18.8. The van der Waals surface area contributed by atoms with E-state index in [-0.39, 0.29) is 25.2 Å². The van der Waals surface area contributed by atoms with Crippen LogP contribution in [0.2, 0.25) is 0 Å². The van der Waals surface area contributed by atoms with Gasteiger partial charge < -0.3 is 14.2 Å². The first-order valence-corrected chi connectivity index (χ1v) is 28.5. The first kappa shape index (κ1) is 63.3. The Morgan fingerprint density at radius 3 is 1.12 bits per heavy atom. The van der Waals surface area contributed by atoms with Gasteiger partial charge in [-0.05, 0) is 89.9 Å². The van der Waals surface area contributed by atoms with E-state index in [4.69, 9.17) is 14.2 Å². The van der Waals surface area contributed by atoms with Gasteiger partial charge >= 0.3 is 11.9 Å². The minimum atomic E-state index is -0.551. The number of carbonyl (C=O) groups excluding carboxylic acids is 2. The van der Waals surface area contributed by atoms with Crippen LogP contribution in [-0.2, 0) is 23.8 Å². The molecule has 5 heteroatoms. The van der Waals surface area contributed by atoms with Crippen molar-refractivity contribution in [2.45, 2.75) is 284 Å². The highest BCUT2D eigenvalue weighted by molar-refractivity contribution is 5.70. The Morgan fingerprint density at radius 2 is 0.682 bits per heavy atom. The van der Waals surface area contributed by atoms with Crippen molar-refractivity contribution in [3.8, 4) is 0 Å². The molecule has 0 aliphatic rings. The van der Waals surface area contributed by atoms with E-state index in [1.807, 2.05) is 0 Å². The van der Waals surface area contributed by atoms with Crippen LogP contribution < -0.4 is 0 Å². The zero-order chi connectivity index (χ0) is 47.7. The zero-order valence-corrected chi connectivity index (χ0v) is 44.0. The van der Waals surface area contributed by atoms with E-state index in [1.54, 1.807) is 0 Å². The molecule has 382 valence electrons. The number of allylic oxidation sites excluding steroid dienone is 12. The number of ether oxygens (including phenoxy) is 3. The van der Waals surface area contributed by atoms with Crippen molar-refractivity contribution in [2.75, 3.05) is 19.8 Å². The molecule has 0 rings (SSSR count). The second-order valence-corrected chi connectivity index (χ2v) is 18.8. The third kappa shape index (κ3) is 54.0. The first-order valence-electron chi connectivity index (χ1n) is 28.5. The lowest BCUT2D eigenvalue weighted by atomic mass is 10.1. The van der Waals surface area contributed by atoms with E-state index >= 15 is 0 Å². The van der Waals surface area contributed by atoms with Crippen LogP contribution in [0.3, 0.4) is 0 Å². The Bertz CT molecular complexity index is 1180. The van der Waals surface area contributed by atoms with E-state index in [0.717, 1.165) is 83.5 Å². The molecule has 0 aliphatic heterocycles. The van der Waals surface area contributed by atoms with Gasteiger partial charge in [-0.2, -0.15) is 0 Å². The Labute approximate surface area is 410 Å². The van der Waals surface area contributed by atoms with Crippen molar-refractivity contribution in [1.82, 2.24) is 0 Å². The summed E-state index contributed by atoms with van der Waals surface area (Å²) in [5.41, 5.74) is 0. The lowest BCUT2D eigenvalue weighted by Gasteiger charge is -2.18. The molecule has 0 saturated heterocycles. The van der Waals surface area contributed by atoms with Gasteiger partial charge in [0.25, 0.3) is 0 Å². The Balaban J connectivity index is 4.29. The van der Waals surface area contributed by atoms with Gasteiger partial charge in [0.2, 0.25) is 0 Å². The molecule has 0 aromatic carbocycles. The Morgan fingerprint density at radius 1 is 0.348 bits per heavy atom. The minimum absolute atomic E-state index is 0.0680. The molecule has 0 bridgehead atoms. The van der Waals surface area contributed by atoms with Crippen LogP contribution in [0.4, 0.5) is 0 Å². The molecule has 0 heterocycles. The average Bonchev–Trinajstić information content (AvgIpc) is 3.32. The minimum Gasteiger partial charge on any atom is -0.462 e. The summed E-state index contributed by atoms with van der Waals surface area (Å²) in [6, 6.07) is 0. The van der Waals surface area contributed by atoms with E-state index < -0.39 is 6.10 Å². The summed E-state index contributed by atoms with van der Waals surface area (Å²) >= 11 is 0. The van der Waals surface area contributed by atoms with Crippen molar-refractivity contribution in [3.05, 3.63) is 72.9 Å². The van der Waals surface area contributed by atoms with Gasteiger partial charge in [0.05, 0.1) is 6.61 Å². The molecule has 0 radical (unpaired) electrons. The number of hydrogen-bond acceptors (Lipinski definition) is 5. The maximum atomic E-state index is 12.9. The topological polar surface area (TPSA) is 61.8 Å². The fourth-order valence-electron chi connectivity index (χ4n) is 8.00. The van der Waals surface area contributed by atoms with E-state index in [0.29, 0.717) is 19.4 Å². The molecule has 66 heavy (non-hydrogen) atoms. The predicted octanol–water partition coefficient (Wildman–Crippen LogP) is 19.5. The van der Waals surface area contributed by atoms with Gasteiger partial charge in [-0.1, -0.05) is 248 Å². The molecular formula is C61H108O5. The standard InChI is InChI=1S/C61H108O5/c1-4-7-10-13-16-19-22-25-27-29-31-33-35-37-39-42-45-48-51-54-60(62)65-58-59(57-64-56-53-50-47-44-41-24-21-18-15-12-9-6-3)66-61(63)55-52-49-46-43-40-38-36-34-32-30-28-26-23-20-17-14-11-8-5-2/h7,10,16,19,25-28,31,33,37,39,59H,4-6,8-9,11-15,17-18,20-24,29-30,32,34-36,38,40-58H2,1-3H3/b10-7-,19-16-,27-25-,28-26-,33-31-,39-37-. The second kappa shape index (κ2) is 56.7. The van der Waals surface area contributed by atoms with Gasteiger partial charge in [-0.15, -0.1) is 0 Å². The maximum absolute atomic E-state index is 12.9. The van der Waals surface area contributed by atoms with Crippen LogP contribution >= 0.6 is 0 Å². The highest BCUT2D eigenvalue weighted by Gasteiger charge is 2.17. The lowest BCUT2D eigenvalue weighted by Crippen LogP contribution is -2.30. The number of rotatable bonds is 52. The highest BCUT2D eigenvalue weighted by atomic mass is 16.6. The molecule has 0 saturated carbocycles. The third-order valence-electron chi connectivity index (χ3n) is 12.2. The van der Waals surface area contributed by atoms with Gasteiger partial charge in [0.1, 0.15) is 6.61 Å². The number of carbonyl (C=O) groups is 2. The van der Waals surface area contributed by atoms with Crippen LogP contribution in [0.15, 0.2) is 72.9 Å². The van der Waals surface area contributed by atoms with Crippen molar-refractivity contribution < 1.29 is 23.8 Å². The van der Waals surface area contributed by atoms with Gasteiger partial charge in [-0.25, -0.2) is 0 Å². The molecule has 0 aromatic rings. The molecule has 1 unspecified atom stereocenters. The van der Waals surface area contributed by atoms with Gasteiger partial charge in [0.15, 0.2) is 6.10 Å². The van der Waals surface area contributed by atoms with Gasteiger partial charge in [-0.3, -0.25) is 9.59 Å². The number of unbranched alkanes of at least 4 members (excludes halogenated alkanes) is 29. The van der Waals surface area contributed by atoms with Gasteiger partial charge in [0, 0.05) is 19.4 Å². The summed E-state index contributed by atoms with van der Waals surface area (Å²) in [5.74, 6) is -0.427. The van der Waals surface area contributed by atoms with E-state index in [9.17, 15) is 9.59 Å². The molecular weight excluding hydrogens is 813 g/mol. The molecule has 0 aliphatic carbocycles. The predicted molar refractivity (Wildman–Crippen MR) is 288 cm³/mol.